The van der Waals surface area contributed by atoms with Gasteiger partial charge in [-0.3, -0.25) is 4.43 Å². The van der Waals surface area contributed by atoms with Gasteiger partial charge in [0.25, 0.3) is 0 Å². The molecule has 0 spiro atoms. The standard InChI is InChI=1S/C15H24N2O3.C13H20N2O3.C10H16N2O.C10H18O5.C3H5I3.C3H6I2.C3H6I.3CO2.CH4.V/c1-5-12-10-19-13(16-12)11-6-8-17(9-7-11)14(18)20-15(2,3)4;1-13(2,3)18-12(16)15-7-4-10(5-8-15)11-14-6-9-17-11;1-2-9-7-13-10(12-9)8-3-5-11-6-4-8;1-9(2,3)14-7(11)13-8(12)15-10(4,5)6;1-2-3(4,5)6;1-2-3(4)5;1-2-3-4;3*2-1-3;;/h10-11H,5-9H2,1-4H3;6,9-10H,4-5,7-8H2,1-3H3;7-8,11H,2-6H2,1H3;1-6H3;2H2,1H3;3H,2H2,1H3;3H,2H2,1H3;;;;1H4;/q;;;;;;-1;;;;;. The average Bonchev–Trinajstić information content (AvgIpc) is 1.79. The molecule has 3 aliphatic heterocycles. The molecular weight excluding hydrogens is 1920 g/mol. The van der Waals surface area contributed by atoms with E-state index in [1.54, 1.807) is 76.3 Å². The maximum absolute atomic E-state index is 12.0. The van der Waals surface area contributed by atoms with Gasteiger partial charge in [-0.05, 0) is 160 Å². The molecule has 6 rings (SSSR count). The number of carbonyl (C=O) groups is 4. The minimum Gasteiger partial charge on any atom is -0.449 e. The minimum absolute atomic E-state index is 0. The number of nitrogens with one attached hydrogen (secondary N) is 1. The molecule has 3 aromatic heterocycles. The molecule has 0 bridgehead atoms. The van der Waals surface area contributed by atoms with Crippen LogP contribution in [0.15, 0.2) is 38.2 Å². The van der Waals surface area contributed by atoms with Gasteiger partial charge in [-0.15, -0.1) is 0 Å². The first-order chi connectivity index (χ1) is 41.7. The molecule has 24 nitrogen and oxygen atoms in total. The first kappa shape index (κ1) is 101. The Kier molecular flexibility index (Phi) is 62.5. The van der Waals surface area contributed by atoms with E-state index in [2.05, 4.69) is 200 Å². The number of carbonyl (C=O) groups excluding carboxylic acids is 10. The maximum atomic E-state index is 12.0. The van der Waals surface area contributed by atoms with Gasteiger partial charge in [0.15, 0.2) is 17.7 Å². The molecule has 0 aliphatic carbocycles. The number of hydrogen-bond acceptors (Lipinski definition) is 22. The summed E-state index contributed by atoms with van der Waals surface area (Å²) in [5, 5.41) is 3.34. The zero-order valence-electron chi connectivity index (χ0n) is 55.5. The Balaban J connectivity index is -0.000000239. The van der Waals surface area contributed by atoms with E-state index < -0.39 is 34.7 Å². The van der Waals surface area contributed by atoms with E-state index in [0.29, 0.717) is 43.4 Å². The molecule has 31 heteroatoms. The van der Waals surface area contributed by atoms with Gasteiger partial charge in [-0.2, -0.15) is 35.2 Å². The Morgan fingerprint density at radius 2 is 0.880 bits per heavy atom. The molecule has 0 atom stereocenters. The number of piperidine rings is 3. The van der Waals surface area contributed by atoms with Crippen LogP contribution >= 0.6 is 136 Å². The number of likely N-dealkylation sites (tertiary alicyclic amines) is 2. The number of halogens is 6. The summed E-state index contributed by atoms with van der Waals surface area (Å²) in [5.41, 5.74) is -0.190. The fourth-order valence-corrected chi connectivity index (χ4v) is 6.73. The van der Waals surface area contributed by atoms with Gasteiger partial charge in [0.2, 0.25) is 0 Å². The largest absolute Gasteiger partial charge is 0.519 e. The first-order valence-electron chi connectivity index (χ1n) is 29.1. The third-order valence-corrected chi connectivity index (χ3v) is 15.7. The first-order valence-corrected chi connectivity index (χ1v) is 36.0. The predicted molar refractivity (Wildman–Crippen MR) is 394 cm³/mol. The summed E-state index contributed by atoms with van der Waals surface area (Å²) in [6, 6.07) is 0. The third-order valence-electron chi connectivity index (χ3n) is 10.8. The Labute approximate surface area is 639 Å². The summed E-state index contributed by atoms with van der Waals surface area (Å²) in [6.45, 7) is 36.9. The van der Waals surface area contributed by atoms with E-state index >= 15 is 0 Å². The van der Waals surface area contributed by atoms with Crippen LogP contribution in [0.2, 0.25) is 0 Å². The molecule has 1 N–H and O–H groups in total. The van der Waals surface area contributed by atoms with Crippen LogP contribution in [0.25, 0.3) is 0 Å². The molecule has 0 saturated carbocycles. The summed E-state index contributed by atoms with van der Waals surface area (Å²) in [6.07, 6.45) is 16.3. The van der Waals surface area contributed by atoms with Crippen molar-refractivity contribution in [3.8, 4) is 0 Å². The number of ether oxygens (including phenoxy) is 5. The van der Waals surface area contributed by atoms with Crippen LogP contribution in [0.4, 0.5) is 19.2 Å². The SMILES string of the molecule is C.CC(C)(C)OC(=O)N1CCC(c2ncco2)CC1.CC(C)(C)OC(=O)OC(=O)OC(C)(C)C.CCC(I)(I)I.CCC(I)I.CC[CH-]I.CCc1coc(C2CCN(C(=O)OC(C)(C)C)CC2)n1.CCc1coc(C2CCNCC2)n1.O=C=O.O=C=O.O=C=O.[V]. The second-order valence-electron chi connectivity index (χ2n) is 23.1. The number of alkyl halides is 5. The molecule has 3 aliphatic rings. The Morgan fingerprint density at radius 1 is 0.587 bits per heavy atom. The van der Waals surface area contributed by atoms with Crippen molar-refractivity contribution in [1.29, 1.82) is 0 Å². The molecule has 2 amide bonds. The topological polar surface area (TPSA) is 313 Å². The van der Waals surface area contributed by atoms with Crippen LogP contribution in [-0.4, -0.2) is 131 Å². The number of aromatic nitrogens is 3. The average molecular weight is 2020 g/mol. The van der Waals surface area contributed by atoms with Gasteiger partial charge in [0.05, 0.1) is 19.5 Å². The number of hydrogen-bond donors (Lipinski definition) is 1. The summed E-state index contributed by atoms with van der Waals surface area (Å²) < 4.78 is 44.2. The molecule has 3 saturated heterocycles. The normalized spacial score (nSPS) is 13.8. The van der Waals surface area contributed by atoms with Gasteiger partial charge in [0, 0.05) is 62.5 Å². The minimum atomic E-state index is -1.06. The molecule has 92 heavy (non-hydrogen) atoms. The van der Waals surface area contributed by atoms with Crippen molar-refractivity contribution < 1.29 is 103 Å². The monoisotopic (exact) mass is 2020 g/mol. The van der Waals surface area contributed by atoms with E-state index in [9.17, 15) is 19.2 Å². The number of rotatable bonds is 8. The van der Waals surface area contributed by atoms with Crippen LogP contribution < -0.4 is 5.32 Å². The van der Waals surface area contributed by atoms with Crippen molar-refractivity contribution in [1.82, 2.24) is 30.1 Å². The zero-order valence-corrected chi connectivity index (χ0v) is 69.9. The Hall–Kier alpha value is -2.03. The van der Waals surface area contributed by atoms with Crippen molar-refractivity contribution >= 4 is 178 Å². The van der Waals surface area contributed by atoms with E-state index in [1.807, 2.05) is 41.5 Å². The summed E-state index contributed by atoms with van der Waals surface area (Å²) in [5.74, 6) is 3.71. The van der Waals surface area contributed by atoms with Gasteiger partial charge in [0.1, 0.15) is 40.6 Å². The van der Waals surface area contributed by atoms with E-state index in [-0.39, 0.29) is 56.6 Å². The van der Waals surface area contributed by atoms with Crippen LogP contribution in [0.1, 0.15) is 230 Å². The second-order valence-corrected chi connectivity index (χ2v) is 41.0. The molecule has 0 aromatic carbocycles. The molecule has 3 aromatic rings. The Bertz CT molecular complexity index is 2390. The summed E-state index contributed by atoms with van der Waals surface area (Å²) in [4.78, 5) is 111. The molecule has 529 valence electrons. The molecule has 1 radical (unpaired) electrons. The van der Waals surface area contributed by atoms with Crippen LogP contribution in [0, 0.1) is 4.43 Å². The number of nitrogens with zero attached hydrogens (tertiary/aromatic N) is 5. The number of oxazole rings is 3. The third kappa shape index (κ3) is 60.4. The van der Waals surface area contributed by atoms with Crippen molar-refractivity contribution in [2.45, 2.75) is 237 Å². The maximum Gasteiger partial charge on any atom is 0.519 e. The van der Waals surface area contributed by atoms with Crippen molar-refractivity contribution in [3.63, 3.8) is 0 Å². The van der Waals surface area contributed by atoms with E-state index in [4.69, 9.17) is 61.0 Å². The quantitative estimate of drug-likeness (QED) is 0.0547. The van der Waals surface area contributed by atoms with Gasteiger partial charge in [-0.25, -0.2) is 34.1 Å². The molecule has 6 heterocycles. The summed E-state index contributed by atoms with van der Waals surface area (Å²) in [7, 11) is 0. The van der Waals surface area contributed by atoms with E-state index in [1.165, 1.54) is 19.3 Å². The predicted octanol–water partition coefficient (Wildman–Crippen LogP) is 17.5. The van der Waals surface area contributed by atoms with Gasteiger partial charge < -0.3 is 74.6 Å². The molecule has 0 unspecified atom stereocenters. The number of aryl methyl sites for hydroxylation is 2. The second kappa shape index (κ2) is 56.9. The smallest absolute Gasteiger partial charge is 0.449 e. The molecular formula is C61H99I6N6O18V-. The Morgan fingerprint density at radius 3 is 1.11 bits per heavy atom. The fourth-order valence-electron chi connectivity index (χ4n) is 6.73. The van der Waals surface area contributed by atoms with Crippen molar-refractivity contribution in [3.05, 3.63) is 58.5 Å². The van der Waals surface area contributed by atoms with Crippen LogP contribution in [-0.2, 0) is 83.8 Å². The van der Waals surface area contributed by atoms with E-state index in [0.717, 1.165) is 95.4 Å². The van der Waals surface area contributed by atoms with Crippen molar-refractivity contribution in [2.75, 3.05) is 39.3 Å². The number of amides is 2. The van der Waals surface area contributed by atoms with Gasteiger partial charge >= 0.3 is 43.0 Å². The molecule has 3 fully saturated rings. The fraction of sp³-hybridized carbons (Fsp3) is 0.721. The van der Waals surface area contributed by atoms with Crippen molar-refractivity contribution in [2.24, 2.45) is 0 Å². The van der Waals surface area contributed by atoms with Crippen LogP contribution in [0.3, 0.4) is 0 Å². The van der Waals surface area contributed by atoms with Gasteiger partial charge in [-0.1, -0.05) is 155 Å². The summed E-state index contributed by atoms with van der Waals surface area (Å²) >= 11 is 14.3. The van der Waals surface area contributed by atoms with Crippen LogP contribution in [0.5, 0.6) is 0 Å². The zero-order chi connectivity index (χ0) is 70.3.